The van der Waals surface area contributed by atoms with Crippen molar-refractivity contribution < 1.29 is 4.42 Å². The molecule has 0 amide bonds. The van der Waals surface area contributed by atoms with Crippen LogP contribution >= 0.6 is 0 Å². The summed E-state index contributed by atoms with van der Waals surface area (Å²) in [7, 11) is 0. The number of nitrogens with zero attached hydrogens (tertiary/aromatic N) is 3. The Hall–Kier alpha value is -1.62. The van der Waals surface area contributed by atoms with E-state index in [1.165, 1.54) is 12.8 Å². The molecule has 3 rings (SSSR count). The summed E-state index contributed by atoms with van der Waals surface area (Å²) >= 11 is 0. The molecule has 2 aromatic rings. The van der Waals surface area contributed by atoms with Crippen LogP contribution in [0.5, 0.6) is 0 Å². The molecule has 1 saturated carbocycles. The van der Waals surface area contributed by atoms with Gasteiger partial charge in [0.05, 0.1) is 11.9 Å². The van der Waals surface area contributed by atoms with E-state index in [9.17, 15) is 0 Å². The first-order valence-electron chi connectivity index (χ1n) is 6.99. The topological polar surface area (TPSA) is 55.9 Å². The third-order valence-corrected chi connectivity index (χ3v) is 3.36. The molecule has 102 valence electrons. The van der Waals surface area contributed by atoms with Crippen molar-refractivity contribution in [3.63, 3.8) is 0 Å². The number of nitrogens with one attached hydrogen (secondary N) is 1. The molecule has 0 aromatic carbocycles. The van der Waals surface area contributed by atoms with Gasteiger partial charge in [-0.2, -0.15) is 5.10 Å². The molecule has 0 unspecified atom stereocenters. The van der Waals surface area contributed by atoms with Crippen LogP contribution < -0.4 is 5.32 Å². The highest BCUT2D eigenvalue weighted by molar-refractivity contribution is 5.51. The van der Waals surface area contributed by atoms with Crippen LogP contribution in [-0.4, -0.2) is 27.4 Å². The highest BCUT2D eigenvalue weighted by atomic mass is 16.4. The molecule has 0 spiro atoms. The summed E-state index contributed by atoms with van der Waals surface area (Å²) in [6.45, 7) is 5.85. The predicted molar refractivity (Wildman–Crippen MR) is 72.9 cm³/mol. The summed E-state index contributed by atoms with van der Waals surface area (Å²) in [5.74, 6) is 1.61. The Kier molecular flexibility index (Phi) is 3.38. The molecule has 5 nitrogen and oxygen atoms in total. The quantitative estimate of drug-likeness (QED) is 0.864. The zero-order valence-electron chi connectivity index (χ0n) is 11.5. The molecule has 0 radical (unpaired) electrons. The monoisotopic (exact) mass is 260 g/mol. The Bertz CT molecular complexity index is 554. The summed E-state index contributed by atoms with van der Waals surface area (Å²) < 4.78 is 7.76. The van der Waals surface area contributed by atoms with Gasteiger partial charge in [-0.15, -0.1) is 0 Å². The lowest BCUT2D eigenvalue weighted by Crippen LogP contribution is -2.19. The standard InChI is InChI=1S/C14H20N4O/c1-3-18-12(8-10(2)17-18)13-9-16-14(19-13)6-7-15-11-4-5-11/h8-9,11,15H,3-7H2,1-2H3. The SMILES string of the molecule is CCn1nc(C)cc1-c1cnc(CCNC2CC2)o1. The average Bonchev–Trinajstić information content (AvgIpc) is 2.97. The molecule has 19 heavy (non-hydrogen) atoms. The molecule has 0 atom stereocenters. The number of rotatable bonds is 6. The maximum Gasteiger partial charge on any atom is 0.196 e. The largest absolute Gasteiger partial charge is 0.439 e. The van der Waals surface area contributed by atoms with E-state index >= 15 is 0 Å². The number of hydrogen-bond acceptors (Lipinski definition) is 4. The van der Waals surface area contributed by atoms with Crippen LogP contribution in [0.2, 0.25) is 0 Å². The van der Waals surface area contributed by atoms with E-state index in [-0.39, 0.29) is 0 Å². The summed E-state index contributed by atoms with van der Waals surface area (Å²) in [5.41, 5.74) is 2.01. The van der Waals surface area contributed by atoms with Gasteiger partial charge >= 0.3 is 0 Å². The first-order valence-corrected chi connectivity index (χ1v) is 6.99. The van der Waals surface area contributed by atoms with Crippen LogP contribution in [0.1, 0.15) is 31.4 Å². The van der Waals surface area contributed by atoms with E-state index in [1.807, 2.05) is 17.7 Å². The Morgan fingerprint density at radius 3 is 3.05 bits per heavy atom. The van der Waals surface area contributed by atoms with Gasteiger partial charge < -0.3 is 9.73 Å². The van der Waals surface area contributed by atoms with Gasteiger partial charge in [0.2, 0.25) is 0 Å². The fourth-order valence-electron chi connectivity index (χ4n) is 2.20. The van der Waals surface area contributed by atoms with Gasteiger partial charge in [-0.25, -0.2) is 4.98 Å². The third kappa shape index (κ3) is 2.87. The summed E-state index contributed by atoms with van der Waals surface area (Å²) in [6.07, 6.45) is 5.27. The molecule has 0 saturated heterocycles. The highest BCUT2D eigenvalue weighted by Crippen LogP contribution is 2.22. The number of hydrogen-bond donors (Lipinski definition) is 1. The van der Waals surface area contributed by atoms with Gasteiger partial charge in [0.1, 0.15) is 5.69 Å². The van der Waals surface area contributed by atoms with Crippen molar-refractivity contribution in [2.24, 2.45) is 0 Å². The zero-order chi connectivity index (χ0) is 13.2. The Labute approximate surface area is 113 Å². The molecule has 1 aliphatic rings. The highest BCUT2D eigenvalue weighted by Gasteiger charge is 2.20. The second kappa shape index (κ2) is 5.17. The molecular weight excluding hydrogens is 240 g/mol. The zero-order valence-corrected chi connectivity index (χ0v) is 11.5. The first kappa shape index (κ1) is 12.4. The minimum Gasteiger partial charge on any atom is -0.439 e. The minimum absolute atomic E-state index is 0.735. The summed E-state index contributed by atoms with van der Waals surface area (Å²) in [6, 6.07) is 2.77. The van der Waals surface area contributed by atoms with Crippen molar-refractivity contribution in [3.05, 3.63) is 23.8 Å². The number of aromatic nitrogens is 3. The van der Waals surface area contributed by atoms with Crippen molar-refractivity contribution in [1.82, 2.24) is 20.1 Å². The molecule has 1 fully saturated rings. The van der Waals surface area contributed by atoms with Crippen LogP contribution in [-0.2, 0) is 13.0 Å². The summed E-state index contributed by atoms with van der Waals surface area (Å²) in [4.78, 5) is 4.35. The molecular formula is C14H20N4O. The van der Waals surface area contributed by atoms with E-state index in [0.717, 1.165) is 48.6 Å². The lowest BCUT2D eigenvalue weighted by Gasteiger charge is -2.01. The molecule has 1 aliphatic carbocycles. The average molecular weight is 260 g/mol. The summed E-state index contributed by atoms with van der Waals surface area (Å²) in [5, 5.41) is 7.89. The smallest absolute Gasteiger partial charge is 0.196 e. The van der Waals surface area contributed by atoms with E-state index in [2.05, 4.69) is 22.3 Å². The first-order chi connectivity index (χ1) is 9.26. The van der Waals surface area contributed by atoms with Crippen molar-refractivity contribution in [3.8, 4) is 11.5 Å². The van der Waals surface area contributed by atoms with E-state index in [1.54, 1.807) is 6.20 Å². The van der Waals surface area contributed by atoms with Gasteiger partial charge in [0.25, 0.3) is 0 Å². The van der Waals surface area contributed by atoms with Crippen molar-refractivity contribution >= 4 is 0 Å². The van der Waals surface area contributed by atoms with Gasteiger partial charge in [-0.3, -0.25) is 4.68 Å². The minimum atomic E-state index is 0.735. The van der Waals surface area contributed by atoms with Crippen LogP contribution in [0.15, 0.2) is 16.7 Å². The van der Waals surface area contributed by atoms with Crippen molar-refractivity contribution in [1.29, 1.82) is 0 Å². The molecule has 1 N–H and O–H groups in total. The third-order valence-electron chi connectivity index (χ3n) is 3.36. The Morgan fingerprint density at radius 2 is 2.32 bits per heavy atom. The lowest BCUT2D eigenvalue weighted by molar-refractivity contribution is 0.489. The fourth-order valence-corrected chi connectivity index (χ4v) is 2.20. The molecule has 0 bridgehead atoms. The van der Waals surface area contributed by atoms with E-state index in [4.69, 9.17) is 4.42 Å². The molecule has 5 heteroatoms. The van der Waals surface area contributed by atoms with Crippen LogP contribution in [0.3, 0.4) is 0 Å². The van der Waals surface area contributed by atoms with Crippen molar-refractivity contribution in [2.45, 2.75) is 45.7 Å². The van der Waals surface area contributed by atoms with Gasteiger partial charge in [0.15, 0.2) is 11.7 Å². The predicted octanol–water partition coefficient (Wildman–Crippen LogP) is 2.16. The Balaban J connectivity index is 1.68. The van der Waals surface area contributed by atoms with Gasteiger partial charge in [-0.05, 0) is 32.8 Å². The van der Waals surface area contributed by atoms with E-state index < -0.39 is 0 Å². The lowest BCUT2D eigenvalue weighted by atomic mass is 10.3. The molecule has 0 aliphatic heterocycles. The number of aryl methyl sites for hydroxylation is 2. The normalized spacial score (nSPS) is 15.1. The number of oxazole rings is 1. The van der Waals surface area contributed by atoms with Gasteiger partial charge in [0, 0.05) is 25.6 Å². The van der Waals surface area contributed by atoms with Crippen LogP contribution in [0.4, 0.5) is 0 Å². The fraction of sp³-hybridized carbons (Fsp3) is 0.571. The maximum atomic E-state index is 5.82. The van der Waals surface area contributed by atoms with E-state index in [0.29, 0.717) is 0 Å². The second-order valence-corrected chi connectivity index (χ2v) is 5.08. The Morgan fingerprint density at radius 1 is 1.47 bits per heavy atom. The van der Waals surface area contributed by atoms with Crippen molar-refractivity contribution in [2.75, 3.05) is 6.54 Å². The molecule has 2 aromatic heterocycles. The van der Waals surface area contributed by atoms with Gasteiger partial charge in [-0.1, -0.05) is 0 Å². The van der Waals surface area contributed by atoms with Crippen LogP contribution in [0, 0.1) is 6.92 Å². The molecule has 2 heterocycles. The maximum absolute atomic E-state index is 5.82. The second-order valence-electron chi connectivity index (χ2n) is 5.08. The van der Waals surface area contributed by atoms with Crippen LogP contribution in [0.25, 0.3) is 11.5 Å².